The number of sulfone groups is 1. The number of carbonyl (C=O) groups excluding carboxylic acids is 1. The van der Waals surface area contributed by atoms with Gasteiger partial charge in [-0.25, -0.2) is 16.8 Å². The van der Waals surface area contributed by atoms with Crippen LogP contribution in [0.3, 0.4) is 0 Å². The highest BCUT2D eigenvalue weighted by atomic mass is 35.5. The Morgan fingerprint density at radius 3 is 2.12 bits per heavy atom. The zero-order valence-electron chi connectivity index (χ0n) is 17.1. The van der Waals surface area contributed by atoms with Crippen LogP contribution in [0, 0.1) is 0 Å². The van der Waals surface area contributed by atoms with Gasteiger partial charge in [0.2, 0.25) is 0 Å². The van der Waals surface area contributed by atoms with E-state index in [2.05, 4.69) is 10.0 Å². The maximum Gasteiger partial charge on any atom is 0.261 e. The van der Waals surface area contributed by atoms with Gasteiger partial charge in [0.05, 0.1) is 20.4 Å². The number of anilines is 1. The molecule has 3 rings (SSSR count). The van der Waals surface area contributed by atoms with Crippen LogP contribution in [0.1, 0.15) is 15.9 Å². The van der Waals surface area contributed by atoms with Crippen LogP contribution < -0.4 is 10.0 Å². The van der Waals surface area contributed by atoms with E-state index in [4.69, 9.17) is 11.6 Å². The molecule has 3 aromatic carbocycles. The molecule has 32 heavy (non-hydrogen) atoms. The second-order valence-electron chi connectivity index (χ2n) is 7.04. The van der Waals surface area contributed by atoms with Gasteiger partial charge in [0, 0.05) is 18.5 Å². The molecule has 0 aliphatic heterocycles. The van der Waals surface area contributed by atoms with Crippen molar-refractivity contribution in [3.8, 4) is 0 Å². The highest BCUT2D eigenvalue weighted by molar-refractivity contribution is 7.92. The quantitative estimate of drug-likeness (QED) is 0.500. The minimum atomic E-state index is -4.04. The summed E-state index contributed by atoms with van der Waals surface area (Å²) >= 11 is 6.12. The number of halogens is 1. The zero-order valence-corrected chi connectivity index (χ0v) is 19.5. The molecule has 0 saturated heterocycles. The van der Waals surface area contributed by atoms with Crippen molar-refractivity contribution in [1.29, 1.82) is 0 Å². The van der Waals surface area contributed by atoms with Gasteiger partial charge in [-0.15, -0.1) is 0 Å². The van der Waals surface area contributed by atoms with E-state index in [1.807, 2.05) is 30.3 Å². The van der Waals surface area contributed by atoms with E-state index in [-0.39, 0.29) is 26.1 Å². The predicted molar refractivity (Wildman–Crippen MR) is 124 cm³/mol. The molecule has 0 aliphatic carbocycles. The lowest BCUT2D eigenvalue weighted by Crippen LogP contribution is -2.26. The van der Waals surface area contributed by atoms with Gasteiger partial charge in [0.1, 0.15) is 0 Å². The number of benzene rings is 3. The fourth-order valence-electron chi connectivity index (χ4n) is 2.89. The summed E-state index contributed by atoms with van der Waals surface area (Å²) in [6, 6.07) is 18.7. The van der Waals surface area contributed by atoms with E-state index >= 15 is 0 Å². The molecule has 168 valence electrons. The number of rotatable bonds is 8. The average molecular weight is 493 g/mol. The van der Waals surface area contributed by atoms with Crippen LogP contribution in [0.25, 0.3) is 0 Å². The third-order valence-corrected chi connectivity index (χ3v) is 7.41. The molecule has 2 N–H and O–H groups in total. The number of hydrogen-bond acceptors (Lipinski definition) is 5. The van der Waals surface area contributed by atoms with Gasteiger partial charge >= 0.3 is 0 Å². The molecule has 0 spiro atoms. The lowest BCUT2D eigenvalue weighted by atomic mass is 10.1. The molecule has 0 bridgehead atoms. The molecule has 0 atom stereocenters. The standard InChI is InChI=1S/C22H21ClN2O5S2/c1-31(27,28)18-9-7-17(8-10-18)25-32(29,30)19-11-12-21(23)20(15-19)22(26)24-14-13-16-5-3-2-4-6-16/h2-12,15,25H,13-14H2,1H3,(H,24,26). The second kappa shape index (κ2) is 9.72. The third-order valence-electron chi connectivity index (χ3n) is 4.57. The first-order valence-corrected chi connectivity index (χ1v) is 13.3. The number of sulfonamides is 1. The van der Waals surface area contributed by atoms with Gasteiger partial charge in [-0.2, -0.15) is 0 Å². The van der Waals surface area contributed by atoms with Crippen molar-refractivity contribution in [3.05, 3.63) is 88.9 Å². The fraction of sp³-hybridized carbons (Fsp3) is 0.136. The highest BCUT2D eigenvalue weighted by Crippen LogP contribution is 2.23. The Morgan fingerprint density at radius 2 is 1.50 bits per heavy atom. The minimum absolute atomic E-state index is 0.0371. The van der Waals surface area contributed by atoms with Gasteiger partial charge in [0.25, 0.3) is 15.9 Å². The first-order valence-electron chi connectivity index (χ1n) is 9.51. The van der Waals surface area contributed by atoms with Crippen LogP contribution in [0.2, 0.25) is 5.02 Å². The first-order chi connectivity index (χ1) is 15.1. The topological polar surface area (TPSA) is 109 Å². The summed E-state index contributed by atoms with van der Waals surface area (Å²) in [4.78, 5) is 12.5. The summed E-state index contributed by atoms with van der Waals surface area (Å²) in [7, 11) is -7.43. The van der Waals surface area contributed by atoms with Gasteiger partial charge < -0.3 is 5.32 Å². The SMILES string of the molecule is CS(=O)(=O)c1ccc(NS(=O)(=O)c2ccc(Cl)c(C(=O)NCCc3ccccc3)c2)cc1. The number of hydrogen-bond donors (Lipinski definition) is 2. The Kier molecular flexibility index (Phi) is 7.22. The van der Waals surface area contributed by atoms with Gasteiger partial charge in [-0.3, -0.25) is 9.52 Å². The van der Waals surface area contributed by atoms with Crippen molar-refractivity contribution in [2.75, 3.05) is 17.5 Å². The van der Waals surface area contributed by atoms with Gasteiger partial charge in [-0.1, -0.05) is 41.9 Å². The molecule has 1 amide bonds. The van der Waals surface area contributed by atoms with E-state index in [0.29, 0.717) is 13.0 Å². The lowest BCUT2D eigenvalue weighted by Gasteiger charge is -2.11. The monoisotopic (exact) mass is 492 g/mol. The van der Waals surface area contributed by atoms with Gasteiger partial charge in [0.15, 0.2) is 9.84 Å². The Hall–Kier alpha value is -2.88. The number of amides is 1. The molecular weight excluding hydrogens is 472 g/mol. The van der Waals surface area contributed by atoms with Crippen molar-refractivity contribution < 1.29 is 21.6 Å². The molecule has 3 aromatic rings. The van der Waals surface area contributed by atoms with Crippen molar-refractivity contribution in [3.63, 3.8) is 0 Å². The van der Waals surface area contributed by atoms with Crippen LogP contribution in [0.5, 0.6) is 0 Å². The average Bonchev–Trinajstić information content (AvgIpc) is 2.74. The number of nitrogens with one attached hydrogen (secondary N) is 2. The lowest BCUT2D eigenvalue weighted by molar-refractivity contribution is 0.0954. The Morgan fingerprint density at radius 1 is 0.875 bits per heavy atom. The normalized spacial score (nSPS) is 11.7. The largest absolute Gasteiger partial charge is 0.352 e. The van der Waals surface area contributed by atoms with E-state index in [0.717, 1.165) is 11.8 Å². The van der Waals surface area contributed by atoms with E-state index < -0.39 is 25.8 Å². The first kappa shape index (κ1) is 23.8. The van der Waals surface area contributed by atoms with Crippen LogP contribution in [0.4, 0.5) is 5.69 Å². The minimum Gasteiger partial charge on any atom is -0.352 e. The Balaban J connectivity index is 1.73. The molecule has 0 aromatic heterocycles. The Bertz CT molecular complexity index is 1320. The number of carbonyl (C=O) groups is 1. The molecule has 10 heteroatoms. The summed E-state index contributed by atoms with van der Waals surface area (Å²) in [5.41, 5.74) is 1.28. The fourth-order valence-corrected chi connectivity index (χ4v) is 4.81. The predicted octanol–water partition coefficient (Wildman–Crippen LogP) is 3.52. The summed E-state index contributed by atoms with van der Waals surface area (Å²) in [6.45, 7) is 0.362. The smallest absolute Gasteiger partial charge is 0.261 e. The van der Waals surface area contributed by atoms with Crippen molar-refractivity contribution in [1.82, 2.24) is 5.32 Å². The van der Waals surface area contributed by atoms with Crippen molar-refractivity contribution in [2.45, 2.75) is 16.2 Å². The highest BCUT2D eigenvalue weighted by Gasteiger charge is 2.19. The van der Waals surface area contributed by atoms with Crippen LogP contribution in [-0.2, 0) is 26.3 Å². The summed E-state index contributed by atoms with van der Waals surface area (Å²) in [5.74, 6) is -0.486. The summed E-state index contributed by atoms with van der Waals surface area (Å²) in [6.07, 6.45) is 1.68. The molecular formula is C22H21ClN2O5S2. The third kappa shape index (κ3) is 6.09. The van der Waals surface area contributed by atoms with Gasteiger partial charge in [-0.05, 0) is 54.4 Å². The molecule has 7 nitrogen and oxygen atoms in total. The molecule has 0 unspecified atom stereocenters. The van der Waals surface area contributed by atoms with Crippen molar-refractivity contribution >= 4 is 43.1 Å². The van der Waals surface area contributed by atoms with Crippen LogP contribution in [-0.4, -0.2) is 35.5 Å². The molecule has 0 radical (unpaired) electrons. The molecule has 0 aliphatic rings. The second-order valence-corrected chi connectivity index (χ2v) is 11.1. The maximum atomic E-state index is 12.8. The molecule has 0 saturated carbocycles. The molecule has 0 fully saturated rings. The zero-order chi connectivity index (χ0) is 23.4. The summed E-state index contributed by atoms with van der Waals surface area (Å²) < 4.78 is 51.0. The maximum absolute atomic E-state index is 12.8. The van der Waals surface area contributed by atoms with E-state index in [1.165, 1.54) is 42.5 Å². The van der Waals surface area contributed by atoms with E-state index in [9.17, 15) is 21.6 Å². The summed E-state index contributed by atoms with van der Waals surface area (Å²) in [5, 5.41) is 2.87. The van der Waals surface area contributed by atoms with Crippen LogP contribution in [0.15, 0.2) is 82.6 Å². The van der Waals surface area contributed by atoms with Crippen molar-refractivity contribution in [2.24, 2.45) is 0 Å². The van der Waals surface area contributed by atoms with E-state index in [1.54, 1.807) is 0 Å². The van der Waals surface area contributed by atoms with Crippen LogP contribution >= 0.6 is 11.6 Å². The Labute approximate surface area is 192 Å². The molecule has 0 heterocycles.